The van der Waals surface area contributed by atoms with Gasteiger partial charge in [-0.25, -0.2) is 0 Å². The molecule has 6 nitrogen and oxygen atoms in total. The lowest BCUT2D eigenvalue weighted by Gasteiger charge is -1.95. The minimum atomic E-state index is -4.27. The lowest BCUT2D eigenvalue weighted by molar-refractivity contribution is -0.385. The quantitative estimate of drug-likeness (QED) is 0.480. The van der Waals surface area contributed by atoms with E-state index in [1.807, 2.05) is 0 Å². The zero-order valence-corrected chi connectivity index (χ0v) is 8.22. The zero-order chi connectivity index (χ0) is 11.5. The van der Waals surface area contributed by atoms with Crippen molar-refractivity contribution in [3.05, 3.63) is 45.4 Å². The van der Waals surface area contributed by atoms with E-state index in [-0.39, 0.29) is 11.3 Å². The first-order valence-corrected chi connectivity index (χ1v) is 5.29. The number of nitro groups is 1. The van der Waals surface area contributed by atoms with E-state index in [1.54, 1.807) is 0 Å². The highest BCUT2D eigenvalue weighted by Crippen LogP contribution is 2.19. The molecule has 0 aromatic heterocycles. The molecule has 1 aromatic carbocycles. The van der Waals surface area contributed by atoms with Crippen LogP contribution in [0.3, 0.4) is 0 Å². The van der Waals surface area contributed by atoms with E-state index >= 15 is 0 Å². The van der Waals surface area contributed by atoms with Crippen molar-refractivity contribution >= 4 is 21.9 Å². The Hall–Kier alpha value is -1.73. The molecule has 0 bridgehead atoms. The van der Waals surface area contributed by atoms with Crippen molar-refractivity contribution in [2.75, 3.05) is 0 Å². The fourth-order valence-corrected chi connectivity index (χ4v) is 1.27. The summed E-state index contributed by atoms with van der Waals surface area (Å²) in [6.45, 7) is 0. The van der Waals surface area contributed by atoms with Crippen molar-refractivity contribution in [2.24, 2.45) is 0 Å². The van der Waals surface area contributed by atoms with Crippen molar-refractivity contribution in [2.45, 2.75) is 0 Å². The number of nitrogens with zero attached hydrogens (tertiary/aromatic N) is 1. The first kappa shape index (κ1) is 11.3. The van der Waals surface area contributed by atoms with Gasteiger partial charge in [0.25, 0.3) is 15.8 Å². The monoisotopic (exact) mass is 229 g/mol. The second-order valence-electron chi connectivity index (χ2n) is 2.63. The molecule has 1 N–H and O–H groups in total. The maximum Gasteiger partial charge on any atom is 0.287 e. The molecule has 80 valence electrons. The Labute approximate surface area is 85.8 Å². The standard InChI is InChI=1S/C8H7NO5S/c10-9(11)8-4-2-1-3-7(8)5-6-15(12,13)14/h1-6H,(H,12,13,14)/b6-5+. The normalized spacial score (nSPS) is 11.8. The van der Waals surface area contributed by atoms with Crippen LogP contribution in [0.15, 0.2) is 29.7 Å². The van der Waals surface area contributed by atoms with Gasteiger partial charge < -0.3 is 0 Å². The Morgan fingerprint density at radius 2 is 1.93 bits per heavy atom. The molecule has 0 aliphatic carbocycles. The van der Waals surface area contributed by atoms with E-state index in [4.69, 9.17) is 4.55 Å². The largest absolute Gasteiger partial charge is 0.287 e. The second kappa shape index (κ2) is 4.20. The van der Waals surface area contributed by atoms with E-state index in [1.165, 1.54) is 24.3 Å². The van der Waals surface area contributed by atoms with E-state index in [2.05, 4.69) is 0 Å². The summed E-state index contributed by atoms with van der Waals surface area (Å²) >= 11 is 0. The smallest absolute Gasteiger partial charge is 0.282 e. The summed E-state index contributed by atoms with van der Waals surface area (Å²) in [4.78, 5) is 9.87. The predicted molar refractivity (Wildman–Crippen MR) is 53.7 cm³/mol. The highest BCUT2D eigenvalue weighted by Gasteiger charge is 2.09. The Balaban J connectivity index is 3.16. The van der Waals surface area contributed by atoms with Crippen LogP contribution in [0.4, 0.5) is 5.69 Å². The molecule has 0 saturated carbocycles. The Morgan fingerprint density at radius 3 is 2.47 bits per heavy atom. The molecule has 1 rings (SSSR count). The number of para-hydroxylation sites is 1. The second-order valence-corrected chi connectivity index (χ2v) is 3.94. The maximum atomic E-state index is 10.5. The topological polar surface area (TPSA) is 97.5 Å². The molecule has 0 radical (unpaired) electrons. The van der Waals surface area contributed by atoms with Gasteiger partial charge in [0.1, 0.15) is 0 Å². The van der Waals surface area contributed by atoms with Crippen molar-refractivity contribution in [3.8, 4) is 0 Å². The Bertz CT molecular complexity index is 506. The molecule has 0 aliphatic heterocycles. The summed E-state index contributed by atoms with van der Waals surface area (Å²) < 4.78 is 29.2. The lowest BCUT2D eigenvalue weighted by Crippen LogP contribution is -1.92. The molecule has 15 heavy (non-hydrogen) atoms. The van der Waals surface area contributed by atoms with Gasteiger partial charge in [-0.15, -0.1) is 0 Å². The molecule has 0 aliphatic rings. The fourth-order valence-electron chi connectivity index (χ4n) is 0.954. The lowest BCUT2D eigenvalue weighted by atomic mass is 10.2. The highest BCUT2D eigenvalue weighted by molar-refractivity contribution is 7.88. The van der Waals surface area contributed by atoms with Crippen LogP contribution in [0, 0.1) is 10.1 Å². The number of hydrogen-bond acceptors (Lipinski definition) is 4. The molecule has 0 unspecified atom stereocenters. The Kier molecular flexibility index (Phi) is 3.17. The number of benzene rings is 1. The molecule has 1 aromatic rings. The minimum absolute atomic E-state index is 0.111. The van der Waals surface area contributed by atoms with Crippen LogP contribution in [-0.4, -0.2) is 17.9 Å². The van der Waals surface area contributed by atoms with Gasteiger partial charge in [0.2, 0.25) is 0 Å². The van der Waals surface area contributed by atoms with Crippen molar-refractivity contribution < 1.29 is 17.9 Å². The van der Waals surface area contributed by atoms with Crippen LogP contribution in [0.5, 0.6) is 0 Å². The molecule has 0 heterocycles. The predicted octanol–water partition coefficient (Wildman–Crippen LogP) is 1.45. The fraction of sp³-hybridized carbons (Fsp3) is 0. The van der Waals surface area contributed by atoms with Gasteiger partial charge in [-0.2, -0.15) is 8.42 Å². The molecule has 0 saturated heterocycles. The summed E-state index contributed by atoms with van der Waals surface area (Å²) in [5.41, 5.74) is -0.113. The third-order valence-electron chi connectivity index (χ3n) is 1.55. The number of rotatable bonds is 3. The maximum absolute atomic E-state index is 10.5. The molecule has 0 atom stereocenters. The molecule has 0 fully saturated rings. The summed E-state index contributed by atoms with van der Waals surface area (Å²) in [6, 6.07) is 5.60. The van der Waals surface area contributed by atoms with Gasteiger partial charge in [0.05, 0.1) is 15.9 Å². The van der Waals surface area contributed by atoms with Crippen LogP contribution >= 0.6 is 0 Å². The number of hydrogen-bond donors (Lipinski definition) is 1. The van der Waals surface area contributed by atoms with E-state index in [0.29, 0.717) is 5.41 Å². The SMILES string of the molecule is O=[N+]([O-])c1ccccc1/C=C/S(=O)(=O)O. The van der Waals surface area contributed by atoms with E-state index < -0.39 is 15.0 Å². The third kappa shape index (κ3) is 3.49. The van der Waals surface area contributed by atoms with Crippen LogP contribution in [0.2, 0.25) is 0 Å². The van der Waals surface area contributed by atoms with Crippen LogP contribution in [0.25, 0.3) is 6.08 Å². The Morgan fingerprint density at radius 1 is 1.33 bits per heavy atom. The van der Waals surface area contributed by atoms with Gasteiger partial charge in [-0.05, 0) is 12.1 Å². The number of nitro benzene ring substituents is 1. The molecular formula is C8H7NO5S. The zero-order valence-electron chi connectivity index (χ0n) is 7.40. The first-order chi connectivity index (χ1) is 6.90. The van der Waals surface area contributed by atoms with Crippen LogP contribution in [-0.2, 0) is 10.1 Å². The summed E-state index contributed by atoms with van der Waals surface area (Å²) in [7, 11) is -4.27. The molecular weight excluding hydrogens is 222 g/mol. The van der Waals surface area contributed by atoms with Crippen molar-refractivity contribution in [1.82, 2.24) is 0 Å². The average Bonchev–Trinajstić information content (AvgIpc) is 2.14. The summed E-state index contributed by atoms with van der Waals surface area (Å²) in [6.07, 6.45) is 0.966. The third-order valence-corrected chi connectivity index (χ3v) is 2.03. The summed E-state index contributed by atoms with van der Waals surface area (Å²) in [5, 5.41) is 11.0. The van der Waals surface area contributed by atoms with Gasteiger partial charge in [0, 0.05) is 6.07 Å². The first-order valence-electron chi connectivity index (χ1n) is 3.79. The minimum Gasteiger partial charge on any atom is -0.282 e. The van der Waals surface area contributed by atoms with Crippen molar-refractivity contribution in [3.63, 3.8) is 0 Å². The van der Waals surface area contributed by atoms with Gasteiger partial charge in [-0.1, -0.05) is 12.1 Å². The molecule has 0 spiro atoms. The highest BCUT2D eigenvalue weighted by atomic mass is 32.2. The van der Waals surface area contributed by atoms with Gasteiger partial charge in [0.15, 0.2) is 0 Å². The van der Waals surface area contributed by atoms with Gasteiger partial charge >= 0.3 is 0 Å². The average molecular weight is 229 g/mol. The van der Waals surface area contributed by atoms with E-state index in [9.17, 15) is 18.5 Å². The van der Waals surface area contributed by atoms with Crippen LogP contribution < -0.4 is 0 Å². The van der Waals surface area contributed by atoms with E-state index in [0.717, 1.165) is 6.08 Å². The summed E-state index contributed by atoms with van der Waals surface area (Å²) in [5.74, 6) is 0. The molecule has 7 heteroatoms. The van der Waals surface area contributed by atoms with Gasteiger partial charge in [-0.3, -0.25) is 14.7 Å². The van der Waals surface area contributed by atoms with Crippen LogP contribution in [0.1, 0.15) is 5.56 Å². The molecule has 0 amide bonds. The van der Waals surface area contributed by atoms with Crippen molar-refractivity contribution in [1.29, 1.82) is 0 Å².